The summed E-state index contributed by atoms with van der Waals surface area (Å²) in [6.07, 6.45) is -14.9. The minimum atomic E-state index is -7.94. The second-order valence-corrected chi connectivity index (χ2v) is 3.98. The van der Waals surface area contributed by atoms with E-state index in [2.05, 4.69) is 0 Å². The van der Waals surface area contributed by atoms with Crippen molar-refractivity contribution in [2.24, 2.45) is 0 Å². The molecule has 0 aliphatic carbocycles. The van der Waals surface area contributed by atoms with Crippen LogP contribution in [0.2, 0.25) is 0 Å². The van der Waals surface area contributed by atoms with Gasteiger partial charge in [-0.15, -0.1) is 0 Å². The summed E-state index contributed by atoms with van der Waals surface area (Å²) in [5.41, 5.74) is 0. The molecule has 0 N–H and O–H groups in total. The molecular weight excluding hydrogens is 410 g/mol. The lowest BCUT2D eigenvalue weighted by atomic mass is 10.0. The van der Waals surface area contributed by atoms with E-state index in [4.69, 9.17) is 0 Å². The number of hydrogen-bond acceptors (Lipinski definition) is 3. The fourth-order valence-electron chi connectivity index (χ4n) is 0.954. The number of halogens is 14. The molecule has 0 aromatic heterocycles. The van der Waals surface area contributed by atoms with Crippen LogP contribution in [0.5, 0.6) is 0 Å². The largest absolute Gasteiger partial charge is 0.459 e. The van der Waals surface area contributed by atoms with Crippen molar-refractivity contribution in [3.63, 3.8) is 0 Å². The first-order valence-electron chi connectivity index (χ1n) is 4.96. The maximum Gasteiger partial charge on any atom is 0.459 e. The highest BCUT2D eigenvalue weighted by molar-refractivity contribution is 5.78. The van der Waals surface area contributed by atoms with Gasteiger partial charge in [-0.1, -0.05) is 0 Å². The molecule has 148 valence electrons. The number of rotatable bonds is 7. The maximum absolute atomic E-state index is 12.8. The van der Waals surface area contributed by atoms with Gasteiger partial charge in [0.2, 0.25) is 0 Å². The molecule has 0 saturated heterocycles. The normalized spacial score (nSPS) is 17.2. The summed E-state index contributed by atoms with van der Waals surface area (Å²) in [4.78, 5) is 19.3. The van der Waals surface area contributed by atoms with Crippen molar-refractivity contribution in [2.45, 2.75) is 35.9 Å². The van der Waals surface area contributed by atoms with Crippen LogP contribution in [-0.2, 0) is 14.3 Å². The van der Waals surface area contributed by atoms with E-state index < -0.39 is 48.0 Å². The molecule has 0 unspecified atom stereocenters. The van der Waals surface area contributed by atoms with Gasteiger partial charge in [0, 0.05) is 0 Å². The molecule has 0 rings (SSSR count). The van der Waals surface area contributed by atoms with Crippen LogP contribution in [0.3, 0.4) is 0 Å². The molecule has 0 heterocycles. The van der Waals surface area contributed by atoms with Crippen molar-refractivity contribution < 1.29 is 75.8 Å². The van der Waals surface area contributed by atoms with Crippen molar-refractivity contribution in [2.75, 3.05) is 0 Å². The van der Waals surface area contributed by atoms with Gasteiger partial charge in [-0.05, 0) is 0 Å². The van der Waals surface area contributed by atoms with Crippen LogP contribution in [0.25, 0.3) is 0 Å². The lowest BCUT2D eigenvalue weighted by Crippen LogP contribution is -2.67. The first-order valence-corrected chi connectivity index (χ1v) is 4.96. The number of carbonyl (C=O) groups is 2. The Hall–Kier alpha value is -1.68. The van der Waals surface area contributed by atoms with Crippen molar-refractivity contribution in [3.05, 3.63) is 0 Å². The second-order valence-electron chi connectivity index (χ2n) is 3.98. The topological polar surface area (TPSA) is 43.4 Å². The SMILES string of the molecule is O=C(F)C(F)(F)C(F)(F)C(F)(F)C(F)(F)O[C@](F)(C(=O)F)C(F)(F)F. The van der Waals surface area contributed by atoms with Gasteiger partial charge in [-0.2, -0.15) is 61.5 Å². The summed E-state index contributed by atoms with van der Waals surface area (Å²) >= 11 is 0. The lowest BCUT2D eigenvalue weighted by Gasteiger charge is -2.36. The molecule has 0 spiro atoms. The molecule has 0 aliphatic rings. The molecule has 0 radical (unpaired) electrons. The first-order chi connectivity index (χ1) is 10.6. The van der Waals surface area contributed by atoms with Gasteiger partial charge in [0.1, 0.15) is 0 Å². The van der Waals surface area contributed by atoms with Crippen LogP contribution in [0, 0.1) is 0 Å². The van der Waals surface area contributed by atoms with Crippen LogP contribution < -0.4 is 0 Å². The van der Waals surface area contributed by atoms with Crippen LogP contribution >= 0.6 is 0 Å². The monoisotopic (exact) mass is 410 g/mol. The third-order valence-corrected chi connectivity index (χ3v) is 2.29. The molecular formula is C8F14O3. The van der Waals surface area contributed by atoms with E-state index in [-0.39, 0.29) is 0 Å². The second kappa shape index (κ2) is 5.94. The van der Waals surface area contributed by atoms with E-state index in [1.54, 1.807) is 0 Å². The van der Waals surface area contributed by atoms with E-state index in [0.717, 1.165) is 0 Å². The summed E-state index contributed by atoms with van der Waals surface area (Å²) < 4.78 is 175. The summed E-state index contributed by atoms with van der Waals surface area (Å²) in [5.74, 6) is -30.0. The zero-order valence-electron chi connectivity index (χ0n) is 10.5. The average molecular weight is 410 g/mol. The smallest absolute Gasteiger partial charge is 0.261 e. The highest BCUT2D eigenvalue weighted by atomic mass is 19.4. The van der Waals surface area contributed by atoms with Gasteiger partial charge in [-0.3, -0.25) is 14.3 Å². The van der Waals surface area contributed by atoms with E-state index >= 15 is 0 Å². The van der Waals surface area contributed by atoms with Crippen LogP contribution in [0.1, 0.15) is 0 Å². The Bertz CT molecular complexity index is 551. The molecule has 3 nitrogen and oxygen atoms in total. The minimum Gasteiger partial charge on any atom is -0.261 e. The highest BCUT2D eigenvalue weighted by Gasteiger charge is 2.86. The van der Waals surface area contributed by atoms with Crippen molar-refractivity contribution in [1.82, 2.24) is 0 Å². The number of ether oxygens (including phenoxy) is 1. The molecule has 0 bridgehead atoms. The molecule has 0 fully saturated rings. The van der Waals surface area contributed by atoms with Gasteiger partial charge in [0.15, 0.2) is 0 Å². The van der Waals surface area contributed by atoms with Crippen molar-refractivity contribution >= 4 is 12.1 Å². The fraction of sp³-hybridized carbons (Fsp3) is 0.750. The van der Waals surface area contributed by atoms with Crippen LogP contribution in [0.4, 0.5) is 61.5 Å². The lowest BCUT2D eigenvalue weighted by molar-refractivity contribution is -0.471. The van der Waals surface area contributed by atoms with Gasteiger partial charge in [-0.25, -0.2) is 0 Å². The van der Waals surface area contributed by atoms with E-state index in [9.17, 15) is 71.1 Å². The first kappa shape index (κ1) is 23.3. The molecule has 25 heavy (non-hydrogen) atoms. The standard InChI is InChI=1S/C8F14O3/c9-1(23)3(11,12)5(14,15)6(16,17)8(21,22)25-4(13,2(10)24)7(18,19)20/t4-/m1/s1. The third-order valence-electron chi connectivity index (χ3n) is 2.29. The Balaban J connectivity index is 6.24. The molecule has 17 heteroatoms. The molecule has 0 saturated carbocycles. The molecule has 0 amide bonds. The Kier molecular flexibility index (Phi) is 5.54. The Labute approximate surface area is 125 Å². The van der Waals surface area contributed by atoms with E-state index in [1.807, 2.05) is 0 Å². The molecule has 0 aromatic carbocycles. The molecule has 1 atom stereocenters. The fourth-order valence-corrected chi connectivity index (χ4v) is 0.954. The summed E-state index contributed by atoms with van der Waals surface area (Å²) in [6, 6.07) is -9.22. The van der Waals surface area contributed by atoms with Crippen LogP contribution in [0.15, 0.2) is 0 Å². The number of carbonyl (C=O) groups excluding carboxylic acids is 2. The minimum absolute atomic E-state index is 1.43. The summed E-state index contributed by atoms with van der Waals surface area (Å²) in [6.45, 7) is 0. The van der Waals surface area contributed by atoms with Gasteiger partial charge in [0.25, 0.3) is 0 Å². The Morgan fingerprint density at radius 3 is 1.20 bits per heavy atom. The van der Waals surface area contributed by atoms with Gasteiger partial charge < -0.3 is 0 Å². The Morgan fingerprint density at radius 2 is 0.960 bits per heavy atom. The third kappa shape index (κ3) is 3.37. The molecule has 0 aliphatic heterocycles. The van der Waals surface area contributed by atoms with Gasteiger partial charge in [0.05, 0.1) is 0 Å². The van der Waals surface area contributed by atoms with Gasteiger partial charge >= 0.3 is 48.0 Å². The maximum atomic E-state index is 12.8. The average Bonchev–Trinajstić information content (AvgIpc) is 2.35. The van der Waals surface area contributed by atoms with Crippen molar-refractivity contribution in [3.8, 4) is 0 Å². The molecule has 0 aromatic rings. The van der Waals surface area contributed by atoms with Crippen LogP contribution in [-0.4, -0.2) is 48.0 Å². The predicted molar refractivity (Wildman–Crippen MR) is 43.0 cm³/mol. The zero-order chi connectivity index (χ0) is 20.9. The van der Waals surface area contributed by atoms with E-state index in [0.29, 0.717) is 0 Å². The quantitative estimate of drug-likeness (QED) is 0.475. The summed E-state index contributed by atoms with van der Waals surface area (Å²) in [5, 5.41) is 0. The number of alkyl halides is 12. The Morgan fingerprint density at radius 1 is 0.600 bits per heavy atom. The predicted octanol–water partition coefficient (Wildman–Crippen LogP) is 3.72. The highest BCUT2D eigenvalue weighted by Crippen LogP contribution is 2.55. The van der Waals surface area contributed by atoms with E-state index in [1.165, 1.54) is 4.74 Å². The zero-order valence-corrected chi connectivity index (χ0v) is 10.5. The number of hydrogen-bond donors (Lipinski definition) is 0. The summed E-state index contributed by atoms with van der Waals surface area (Å²) in [7, 11) is 0. The van der Waals surface area contributed by atoms with Crippen molar-refractivity contribution in [1.29, 1.82) is 0 Å².